The number of furan rings is 1. The van der Waals surface area contributed by atoms with Crippen molar-refractivity contribution >= 4 is 23.3 Å². The summed E-state index contributed by atoms with van der Waals surface area (Å²) >= 11 is 6.10. The second kappa shape index (κ2) is 6.96. The summed E-state index contributed by atoms with van der Waals surface area (Å²) in [6.45, 7) is 5.48. The van der Waals surface area contributed by atoms with Crippen molar-refractivity contribution in [3.05, 3.63) is 52.9 Å². The molecule has 5 nitrogen and oxygen atoms in total. The summed E-state index contributed by atoms with van der Waals surface area (Å²) in [5.74, 6) is 0.756. The number of hydrogen-bond acceptors (Lipinski definition) is 3. The van der Waals surface area contributed by atoms with Crippen LogP contribution in [0.25, 0.3) is 0 Å². The van der Waals surface area contributed by atoms with Gasteiger partial charge in [-0.3, -0.25) is 0 Å². The van der Waals surface area contributed by atoms with Crippen LogP contribution < -0.4 is 10.2 Å². The Labute approximate surface area is 140 Å². The number of carbonyl (C=O) groups excluding carboxylic acids is 1. The summed E-state index contributed by atoms with van der Waals surface area (Å²) in [5, 5.41) is 3.62. The molecule has 1 aliphatic heterocycles. The van der Waals surface area contributed by atoms with E-state index in [-0.39, 0.29) is 6.03 Å². The summed E-state index contributed by atoms with van der Waals surface area (Å²) < 4.78 is 5.22. The third-order valence-corrected chi connectivity index (χ3v) is 4.31. The fourth-order valence-electron chi connectivity index (χ4n) is 2.76. The third-order valence-electron chi connectivity index (χ3n) is 4.07. The van der Waals surface area contributed by atoms with Crippen molar-refractivity contribution in [2.45, 2.75) is 13.5 Å². The largest absolute Gasteiger partial charge is 0.467 e. The van der Waals surface area contributed by atoms with Crippen LogP contribution in [0.2, 0.25) is 5.02 Å². The van der Waals surface area contributed by atoms with Gasteiger partial charge in [-0.05, 0) is 36.8 Å². The van der Waals surface area contributed by atoms with Gasteiger partial charge in [-0.1, -0.05) is 17.7 Å². The molecule has 0 spiro atoms. The highest BCUT2D eigenvalue weighted by Crippen LogP contribution is 2.25. The minimum absolute atomic E-state index is 0.0520. The van der Waals surface area contributed by atoms with E-state index >= 15 is 0 Å². The molecule has 6 heteroatoms. The van der Waals surface area contributed by atoms with Crippen LogP contribution >= 0.6 is 11.6 Å². The highest BCUT2D eigenvalue weighted by Gasteiger charge is 2.22. The molecule has 2 aromatic rings. The predicted octanol–water partition coefficient (Wildman–Crippen LogP) is 3.27. The molecule has 2 heterocycles. The van der Waals surface area contributed by atoms with Crippen LogP contribution in [0.15, 0.2) is 41.0 Å². The number of urea groups is 1. The Balaban J connectivity index is 1.53. The van der Waals surface area contributed by atoms with E-state index in [0.29, 0.717) is 19.6 Å². The second-order valence-electron chi connectivity index (χ2n) is 5.64. The molecule has 2 amide bonds. The molecule has 1 aromatic heterocycles. The molecule has 3 rings (SSSR count). The Bertz CT molecular complexity index is 664. The first-order valence-corrected chi connectivity index (χ1v) is 8.07. The van der Waals surface area contributed by atoms with E-state index in [0.717, 1.165) is 29.6 Å². The SMILES string of the molecule is Cc1ccc(Cl)cc1N1CCN(C(=O)NCc2ccco2)CC1. The minimum atomic E-state index is -0.0520. The first-order valence-electron chi connectivity index (χ1n) is 7.70. The standard InChI is InChI=1S/C17H20ClN3O2/c1-13-4-5-14(18)11-16(13)20-6-8-21(9-7-20)17(22)19-12-15-3-2-10-23-15/h2-5,10-11H,6-9,12H2,1H3,(H,19,22). The molecule has 0 aliphatic carbocycles. The quantitative estimate of drug-likeness (QED) is 0.937. The first kappa shape index (κ1) is 15.7. The van der Waals surface area contributed by atoms with Crippen LogP contribution in [-0.2, 0) is 6.54 Å². The van der Waals surface area contributed by atoms with E-state index < -0.39 is 0 Å². The third kappa shape index (κ3) is 3.79. The van der Waals surface area contributed by atoms with Crippen LogP contribution in [0.4, 0.5) is 10.5 Å². The lowest BCUT2D eigenvalue weighted by Crippen LogP contribution is -2.51. The van der Waals surface area contributed by atoms with Gasteiger partial charge in [0.15, 0.2) is 0 Å². The van der Waals surface area contributed by atoms with Gasteiger partial charge < -0.3 is 19.5 Å². The van der Waals surface area contributed by atoms with Gasteiger partial charge in [0.1, 0.15) is 5.76 Å². The van der Waals surface area contributed by atoms with Gasteiger partial charge in [0.2, 0.25) is 0 Å². The van der Waals surface area contributed by atoms with Crippen LogP contribution in [0, 0.1) is 6.92 Å². The number of nitrogens with one attached hydrogen (secondary N) is 1. The Kier molecular flexibility index (Phi) is 4.76. The summed E-state index contributed by atoms with van der Waals surface area (Å²) in [6.07, 6.45) is 1.60. The van der Waals surface area contributed by atoms with E-state index in [1.807, 2.05) is 35.2 Å². The minimum Gasteiger partial charge on any atom is -0.467 e. The smallest absolute Gasteiger partial charge is 0.317 e. The molecule has 1 saturated heterocycles. The fraction of sp³-hybridized carbons (Fsp3) is 0.353. The van der Waals surface area contributed by atoms with Gasteiger partial charge >= 0.3 is 6.03 Å². The highest BCUT2D eigenvalue weighted by molar-refractivity contribution is 6.30. The van der Waals surface area contributed by atoms with Crippen molar-refractivity contribution < 1.29 is 9.21 Å². The molecular formula is C17H20ClN3O2. The second-order valence-corrected chi connectivity index (χ2v) is 6.08. The average Bonchev–Trinajstić information content (AvgIpc) is 3.08. The van der Waals surface area contributed by atoms with Gasteiger partial charge in [-0.15, -0.1) is 0 Å². The molecule has 0 saturated carbocycles. The lowest BCUT2D eigenvalue weighted by molar-refractivity contribution is 0.193. The number of piperazine rings is 1. The monoisotopic (exact) mass is 333 g/mol. The van der Waals surface area contributed by atoms with E-state index in [1.54, 1.807) is 6.26 Å². The van der Waals surface area contributed by atoms with Gasteiger partial charge in [-0.25, -0.2) is 4.79 Å². The number of nitrogens with zero attached hydrogens (tertiary/aromatic N) is 2. The summed E-state index contributed by atoms with van der Waals surface area (Å²) in [4.78, 5) is 16.3. The van der Waals surface area contributed by atoms with E-state index in [2.05, 4.69) is 17.1 Å². The van der Waals surface area contributed by atoms with Crippen molar-refractivity contribution in [2.24, 2.45) is 0 Å². The summed E-state index contributed by atoms with van der Waals surface area (Å²) in [5.41, 5.74) is 2.35. The van der Waals surface area contributed by atoms with Crippen LogP contribution in [0.1, 0.15) is 11.3 Å². The van der Waals surface area contributed by atoms with Crippen molar-refractivity contribution in [1.29, 1.82) is 0 Å². The molecule has 122 valence electrons. The molecular weight excluding hydrogens is 314 g/mol. The Morgan fingerprint density at radius 3 is 2.74 bits per heavy atom. The number of carbonyl (C=O) groups is 1. The average molecular weight is 334 g/mol. The fourth-order valence-corrected chi connectivity index (χ4v) is 2.93. The topological polar surface area (TPSA) is 48.7 Å². The number of hydrogen-bond donors (Lipinski definition) is 1. The van der Waals surface area contributed by atoms with Crippen LogP contribution in [-0.4, -0.2) is 37.1 Å². The molecule has 1 N–H and O–H groups in total. The van der Waals surface area contributed by atoms with Crippen LogP contribution in [0.3, 0.4) is 0 Å². The maximum absolute atomic E-state index is 12.2. The first-order chi connectivity index (χ1) is 11.1. The summed E-state index contributed by atoms with van der Waals surface area (Å²) in [6, 6.07) is 9.53. The van der Waals surface area contributed by atoms with Crippen molar-refractivity contribution in [2.75, 3.05) is 31.1 Å². The normalized spacial score (nSPS) is 14.9. The zero-order valence-corrected chi connectivity index (χ0v) is 13.8. The van der Waals surface area contributed by atoms with Gasteiger partial charge in [-0.2, -0.15) is 0 Å². The van der Waals surface area contributed by atoms with Gasteiger partial charge in [0.25, 0.3) is 0 Å². The number of anilines is 1. The Morgan fingerprint density at radius 1 is 1.26 bits per heavy atom. The zero-order chi connectivity index (χ0) is 16.2. The number of amides is 2. The number of benzene rings is 1. The van der Waals surface area contributed by atoms with E-state index in [4.69, 9.17) is 16.0 Å². The van der Waals surface area contributed by atoms with Crippen molar-refractivity contribution in [1.82, 2.24) is 10.2 Å². The zero-order valence-electron chi connectivity index (χ0n) is 13.1. The predicted molar refractivity (Wildman–Crippen MR) is 90.9 cm³/mol. The highest BCUT2D eigenvalue weighted by atomic mass is 35.5. The van der Waals surface area contributed by atoms with Crippen molar-refractivity contribution in [3.63, 3.8) is 0 Å². The van der Waals surface area contributed by atoms with Gasteiger partial charge in [0.05, 0.1) is 12.8 Å². The lowest BCUT2D eigenvalue weighted by atomic mass is 10.1. The molecule has 0 atom stereocenters. The Morgan fingerprint density at radius 2 is 2.04 bits per heavy atom. The Hall–Kier alpha value is -2.14. The van der Waals surface area contributed by atoms with Crippen LogP contribution in [0.5, 0.6) is 0 Å². The maximum atomic E-state index is 12.2. The molecule has 23 heavy (non-hydrogen) atoms. The lowest BCUT2D eigenvalue weighted by Gasteiger charge is -2.36. The van der Waals surface area contributed by atoms with E-state index in [9.17, 15) is 4.79 Å². The molecule has 1 aliphatic rings. The molecule has 1 aromatic carbocycles. The maximum Gasteiger partial charge on any atom is 0.317 e. The van der Waals surface area contributed by atoms with E-state index in [1.165, 1.54) is 5.56 Å². The van der Waals surface area contributed by atoms with Gasteiger partial charge in [0, 0.05) is 36.9 Å². The molecule has 0 bridgehead atoms. The number of aryl methyl sites for hydroxylation is 1. The molecule has 0 unspecified atom stereocenters. The molecule has 1 fully saturated rings. The summed E-state index contributed by atoms with van der Waals surface area (Å²) in [7, 11) is 0. The number of rotatable bonds is 3. The van der Waals surface area contributed by atoms with Crippen molar-refractivity contribution in [3.8, 4) is 0 Å². The number of halogens is 1. The molecule has 0 radical (unpaired) electrons.